The van der Waals surface area contributed by atoms with Crippen LogP contribution >= 0.6 is 0 Å². The van der Waals surface area contributed by atoms with Crippen LogP contribution in [-0.4, -0.2) is 23.1 Å². The van der Waals surface area contributed by atoms with Gasteiger partial charge in [-0.3, -0.25) is 9.59 Å². The molecule has 1 N–H and O–H groups in total. The summed E-state index contributed by atoms with van der Waals surface area (Å²) in [7, 11) is 0. The van der Waals surface area contributed by atoms with Crippen molar-refractivity contribution in [1.82, 2.24) is 0 Å². The third kappa shape index (κ3) is 43.3. The smallest absolute Gasteiger partial charge is 0.306 e. The zero-order valence-corrected chi connectivity index (χ0v) is 35.7. The number of unbranched alkanes of at least 4 members (excludes halogenated alkanes) is 36. The van der Waals surface area contributed by atoms with Crippen molar-refractivity contribution < 1.29 is 19.4 Å². The zero-order valence-electron chi connectivity index (χ0n) is 35.7. The topological polar surface area (TPSA) is 63.6 Å². The maximum absolute atomic E-state index is 12.8. The molecule has 0 amide bonds. The van der Waals surface area contributed by atoms with E-state index in [2.05, 4.69) is 13.8 Å². The Labute approximate surface area is 326 Å². The minimum atomic E-state index is -0.681. The van der Waals surface area contributed by atoms with Crippen molar-refractivity contribution in [2.45, 2.75) is 296 Å². The van der Waals surface area contributed by atoms with Gasteiger partial charge in [0.25, 0.3) is 0 Å². The number of hydrogen-bond acceptors (Lipinski definition) is 3. The molecule has 1 unspecified atom stereocenters. The maximum atomic E-state index is 12.8. The lowest BCUT2D eigenvalue weighted by atomic mass is 10.0. The Morgan fingerprint density at radius 2 is 0.577 bits per heavy atom. The molecule has 4 heteroatoms. The Morgan fingerprint density at radius 3 is 0.846 bits per heavy atom. The molecule has 0 bridgehead atoms. The molecule has 0 radical (unpaired) electrons. The average Bonchev–Trinajstić information content (AvgIpc) is 3.13. The Morgan fingerprint density at radius 1 is 0.346 bits per heavy atom. The first-order valence-electron chi connectivity index (χ1n) is 24.0. The van der Waals surface area contributed by atoms with Crippen LogP contribution in [0, 0.1) is 0 Å². The van der Waals surface area contributed by atoms with Gasteiger partial charge in [0.05, 0.1) is 0 Å². The van der Waals surface area contributed by atoms with E-state index < -0.39 is 5.97 Å². The number of carboxylic acids is 1. The third-order valence-electron chi connectivity index (χ3n) is 11.3. The predicted molar refractivity (Wildman–Crippen MR) is 227 cm³/mol. The van der Waals surface area contributed by atoms with E-state index in [0.29, 0.717) is 12.8 Å². The van der Waals surface area contributed by atoms with Gasteiger partial charge in [-0.15, -0.1) is 0 Å². The molecule has 0 aromatic rings. The molecule has 1 atom stereocenters. The van der Waals surface area contributed by atoms with Crippen molar-refractivity contribution in [2.75, 3.05) is 0 Å². The quantitative estimate of drug-likeness (QED) is 0.0500. The minimum absolute atomic E-state index is 0.0318. The summed E-state index contributed by atoms with van der Waals surface area (Å²) >= 11 is 0. The number of hydrogen-bond donors (Lipinski definition) is 1. The molecule has 0 rings (SSSR count). The summed E-state index contributed by atoms with van der Waals surface area (Å²) in [5, 5.41) is 8.80. The van der Waals surface area contributed by atoms with E-state index in [4.69, 9.17) is 9.84 Å². The van der Waals surface area contributed by atoms with E-state index in [9.17, 15) is 9.59 Å². The largest absolute Gasteiger partial charge is 0.481 e. The van der Waals surface area contributed by atoms with Crippen LogP contribution in [0.3, 0.4) is 0 Å². The Hall–Kier alpha value is -1.06. The van der Waals surface area contributed by atoms with Gasteiger partial charge < -0.3 is 9.84 Å². The van der Waals surface area contributed by atoms with Gasteiger partial charge >= 0.3 is 11.9 Å². The number of carboxylic acid groups (broad SMARTS) is 1. The van der Waals surface area contributed by atoms with Crippen molar-refractivity contribution >= 4 is 11.9 Å². The number of rotatable bonds is 45. The normalized spacial score (nSPS) is 12.0. The fraction of sp³-hybridized carbons (Fsp3) is 0.958. The lowest BCUT2D eigenvalue weighted by Gasteiger charge is -2.18. The van der Waals surface area contributed by atoms with E-state index in [0.717, 1.165) is 51.4 Å². The van der Waals surface area contributed by atoms with E-state index in [1.54, 1.807) is 0 Å². The van der Waals surface area contributed by atoms with Crippen molar-refractivity contribution in [1.29, 1.82) is 0 Å². The highest BCUT2D eigenvalue weighted by Gasteiger charge is 2.14. The standard InChI is InChI=1S/C48H94O4/c1-3-5-7-9-11-13-15-16-17-18-19-20-21-22-23-24-26-28-33-37-41-45-48(51)52-46(43-39-35-31-29-32-36-40-44-47(49)50)42-38-34-30-27-25-14-12-10-8-6-4-2/h46H,3-45H2,1-2H3,(H,49,50). The van der Waals surface area contributed by atoms with E-state index in [1.165, 1.54) is 212 Å². The van der Waals surface area contributed by atoms with E-state index in [-0.39, 0.29) is 12.1 Å². The molecule has 52 heavy (non-hydrogen) atoms. The van der Waals surface area contributed by atoms with Gasteiger partial charge in [-0.05, 0) is 38.5 Å². The second-order valence-electron chi connectivity index (χ2n) is 16.7. The second kappa shape index (κ2) is 44.3. The molecular weight excluding hydrogens is 641 g/mol. The summed E-state index contributed by atoms with van der Waals surface area (Å²) in [6, 6.07) is 0. The van der Waals surface area contributed by atoms with Crippen molar-refractivity contribution in [2.24, 2.45) is 0 Å². The third-order valence-corrected chi connectivity index (χ3v) is 11.3. The molecular formula is C48H94O4. The summed E-state index contributed by atoms with van der Waals surface area (Å²) in [6.07, 6.45) is 54.4. The van der Waals surface area contributed by atoms with Crippen LogP contribution in [0.1, 0.15) is 290 Å². The molecule has 4 nitrogen and oxygen atoms in total. The van der Waals surface area contributed by atoms with Crippen LogP contribution in [0.2, 0.25) is 0 Å². The number of esters is 1. The van der Waals surface area contributed by atoms with Gasteiger partial charge in [-0.1, -0.05) is 239 Å². The van der Waals surface area contributed by atoms with E-state index >= 15 is 0 Å². The van der Waals surface area contributed by atoms with Crippen LogP contribution in [0.4, 0.5) is 0 Å². The highest BCUT2D eigenvalue weighted by atomic mass is 16.5. The molecule has 0 heterocycles. The van der Waals surface area contributed by atoms with Gasteiger partial charge in [-0.2, -0.15) is 0 Å². The predicted octanol–water partition coefficient (Wildman–Crippen LogP) is 16.8. The van der Waals surface area contributed by atoms with Gasteiger partial charge in [-0.25, -0.2) is 0 Å². The van der Waals surface area contributed by atoms with Crippen LogP contribution in [0.25, 0.3) is 0 Å². The first kappa shape index (κ1) is 50.9. The van der Waals surface area contributed by atoms with Gasteiger partial charge in [0.15, 0.2) is 0 Å². The summed E-state index contributed by atoms with van der Waals surface area (Å²) in [4.78, 5) is 23.5. The van der Waals surface area contributed by atoms with Crippen LogP contribution < -0.4 is 0 Å². The monoisotopic (exact) mass is 735 g/mol. The summed E-state index contributed by atoms with van der Waals surface area (Å²) in [5.41, 5.74) is 0. The summed E-state index contributed by atoms with van der Waals surface area (Å²) < 4.78 is 6.07. The number of ether oxygens (including phenoxy) is 1. The highest BCUT2D eigenvalue weighted by Crippen LogP contribution is 2.20. The lowest BCUT2D eigenvalue weighted by Crippen LogP contribution is -2.18. The lowest BCUT2D eigenvalue weighted by molar-refractivity contribution is -0.150. The average molecular weight is 735 g/mol. The van der Waals surface area contributed by atoms with Crippen molar-refractivity contribution in [3.63, 3.8) is 0 Å². The van der Waals surface area contributed by atoms with Gasteiger partial charge in [0, 0.05) is 12.8 Å². The fourth-order valence-corrected chi connectivity index (χ4v) is 7.78. The van der Waals surface area contributed by atoms with E-state index in [1.807, 2.05) is 0 Å². The molecule has 0 spiro atoms. The van der Waals surface area contributed by atoms with Gasteiger partial charge in [0.2, 0.25) is 0 Å². The van der Waals surface area contributed by atoms with Crippen LogP contribution in [-0.2, 0) is 14.3 Å². The fourth-order valence-electron chi connectivity index (χ4n) is 7.78. The highest BCUT2D eigenvalue weighted by molar-refractivity contribution is 5.69. The maximum Gasteiger partial charge on any atom is 0.306 e. The SMILES string of the molecule is CCCCCCCCCCCCCCCCCCCCCCCC(=O)OC(CCCCCCCCCCCCC)CCCCCCCCCC(=O)O. The Balaban J connectivity index is 3.89. The first-order valence-corrected chi connectivity index (χ1v) is 24.0. The number of carbonyl (C=O) groups is 2. The summed E-state index contributed by atoms with van der Waals surface area (Å²) in [6.45, 7) is 4.58. The second-order valence-corrected chi connectivity index (χ2v) is 16.7. The summed E-state index contributed by atoms with van der Waals surface area (Å²) in [5.74, 6) is -0.650. The number of aliphatic carboxylic acids is 1. The minimum Gasteiger partial charge on any atom is -0.481 e. The molecule has 0 aromatic heterocycles. The Bertz CT molecular complexity index is 706. The molecule has 0 aliphatic rings. The molecule has 0 saturated carbocycles. The van der Waals surface area contributed by atoms with Crippen LogP contribution in [0.5, 0.6) is 0 Å². The molecule has 0 saturated heterocycles. The number of carbonyl (C=O) groups excluding carboxylic acids is 1. The first-order chi connectivity index (χ1) is 25.6. The molecule has 310 valence electrons. The zero-order chi connectivity index (χ0) is 37.8. The molecule has 0 aliphatic carbocycles. The van der Waals surface area contributed by atoms with Crippen molar-refractivity contribution in [3.05, 3.63) is 0 Å². The molecule has 0 aromatic carbocycles. The Kier molecular flexibility index (Phi) is 43.4. The van der Waals surface area contributed by atoms with Crippen LogP contribution in [0.15, 0.2) is 0 Å². The molecule has 0 fully saturated rings. The van der Waals surface area contributed by atoms with Crippen molar-refractivity contribution in [3.8, 4) is 0 Å². The molecule has 0 aliphatic heterocycles. The van der Waals surface area contributed by atoms with Gasteiger partial charge in [0.1, 0.15) is 6.10 Å².